The molecule has 0 spiro atoms. The second-order valence-electron chi connectivity index (χ2n) is 13.4. The summed E-state index contributed by atoms with van der Waals surface area (Å²) in [5.41, 5.74) is 0. The fraction of sp³-hybridized carbons (Fsp3) is 0.950. The van der Waals surface area contributed by atoms with E-state index in [1.165, 1.54) is 180 Å². The Bertz CT molecular complexity index is 317. The maximum atomic E-state index is 4.94. The van der Waals surface area contributed by atoms with Crippen molar-refractivity contribution in [1.29, 1.82) is 0 Å². The summed E-state index contributed by atoms with van der Waals surface area (Å²) >= 11 is 9.88. The molecule has 0 aliphatic rings. The molecule has 3 heteroatoms. The van der Waals surface area contributed by atoms with Crippen LogP contribution in [0.25, 0.3) is 0 Å². The summed E-state index contributed by atoms with van der Waals surface area (Å²) < 4.78 is 0. The van der Waals surface area contributed by atoms with E-state index in [1.807, 2.05) is 0 Å². The Morgan fingerprint density at radius 3 is 0.558 bits per heavy atom. The topological polar surface area (TPSA) is 0 Å². The van der Waals surface area contributed by atoms with E-state index in [-0.39, 0.29) is 23.9 Å². The molecular formula is C40H84S2Sn. The molecule has 4 radical (unpaired) electrons. The van der Waals surface area contributed by atoms with Gasteiger partial charge < -0.3 is 25.3 Å². The molecule has 0 rings (SSSR count). The third kappa shape index (κ3) is 86.1. The van der Waals surface area contributed by atoms with Crippen LogP contribution in [0.2, 0.25) is 0 Å². The van der Waals surface area contributed by atoms with Crippen LogP contribution in [0.15, 0.2) is 0 Å². The Balaban J connectivity index is -0.000000175. The summed E-state index contributed by atoms with van der Waals surface area (Å²) in [5.74, 6) is 3.08. The molecule has 0 nitrogen and oxygen atoms in total. The number of hydrogen-bond acceptors (Lipinski definition) is 2. The predicted molar refractivity (Wildman–Crippen MR) is 211 cm³/mol. The molecule has 0 N–H and O–H groups in total. The first kappa shape index (κ1) is 54.0. The first-order chi connectivity index (χ1) is 20.3. The van der Waals surface area contributed by atoms with Crippen molar-refractivity contribution in [1.82, 2.24) is 0 Å². The molecule has 0 saturated carbocycles. The van der Waals surface area contributed by atoms with Gasteiger partial charge in [-0.1, -0.05) is 235 Å². The van der Waals surface area contributed by atoms with Gasteiger partial charge in [-0.2, -0.15) is 11.5 Å². The summed E-state index contributed by atoms with van der Waals surface area (Å²) in [6, 6.07) is 0. The van der Waals surface area contributed by atoms with Gasteiger partial charge in [0.2, 0.25) is 0 Å². The van der Waals surface area contributed by atoms with E-state index in [0.29, 0.717) is 11.8 Å². The van der Waals surface area contributed by atoms with E-state index in [1.54, 1.807) is 0 Å². The van der Waals surface area contributed by atoms with Crippen LogP contribution in [-0.2, 0) is 25.3 Å². The van der Waals surface area contributed by atoms with Gasteiger partial charge in [-0.25, -0.2) is 0 Å². The molecule has 0 amide bonds. The van der Waals surface area contributed by atoms with Crippen LogP contribution in [0, 0.1) is 25.7 Å². The van der Waals surface area contributed by atoms with Crippen LogP contribution >= 0.6 is 0 Å². The maximum absolute atomic E-state index is 4.94. The predicted octanol–water partition coefficient (Wildman–Crippen LogP) is 14.6. The van der Waals surface area contributed by atoms with E-state index in [4.69, 9.17) is 25.3 Å². The van der Waals surface area contributed by atoms with Gasteiger partial charge in [0.05, 0.1) is 0 Å². The van der Waals surface area contributed by atoms with Gasteiger partial charge in [0.1, 0.15) is 0 Å². The van der Waals surface area contributed by atoms with Crippen LogP contribution in [0.4, 0.5) is 0 Å². The molecule has 0 saturated heterocycles. The maximum Gasteiger partial charge on any atom is 2.00 e. The molecule has 0 atom stereocenters. The van der Waals surface area contributed by atoms with Gasteiger partial charge in [0, 0.05) is 0 Å². The van der Waals surface area contributed by atoms with Crippen molar-refractivity contribution < 1.29 is 0 Å². The zero-order chi connectivity index (χ0) is 32.4. The number of hydrogen-bond donors (Lipinski definition) is 0. The Labute approximate surface area is 305 Å². The Kier molecular flexibility index (Phi) is 70.1. The zero-order valence-corrected chi connectivity index (χ0v) is 35.6. The first-order valence-electron chi connectivity index (χ1n) is 19.1. The van der Waals surface area contributed by atoms with Crippen LogP contribution in [0.5, 0.6) is 0 Å². The van der Waals surface area contributed by atoms with Crippen molar-refractivity contribution in [3.8, 4) is 0 Å². The van der Waals surface area contributed by atoms with Crippen LogP contribution in [0.1, 0.15) is 221 Å². The monoisotopic (exact) mass is 749 g/mol. The minimum Gasteiger partial charge on any atom is -0.793 e. The van der Waals surface area contributed by atoms with Gasteiger partial charge in [0.15, 0.2) is 0 Å². The third-order valence-electron chi connectivity index (χ3n) is 7.00. The average Bonchev–Trinajstić information content (AvgIpc) is 2.94. The van der Waals surface area contributed by atoms with Crippen molar-refractivity contribution in [2.75, 3.05) is 11.5 Å². The summed E-state index contributed by atoms with van der Waals surface area (Å²) in [6.45, 7) is 20.1. The summed E-state index contributed by atoms with van der Waals surface area (Å²) in [6.07, 6.45) is 40.0. The van der Waals surface area contributed by atoms with Crippen molar-refractivity contribution in [3.05, 3.63) is 13.8 Å². The quantitative estimate of drug-likeness (QED) is 0.0444. The fourth-order valence-electron chi connectivity index (χ4n) is 4.59. The van der Waals surface area contributed by atoms with Crippen molar-refractivity contribution in [2.24, 2.45) is 11.8 Å². The van der Waals surface area contributed by atoms with E-state index < -0.39 is 0 Å². The van der Waals surface area contributed by atoms with Crippen LogP contribution in [-0.4, -0.2) is 35.4 Å². The fourth-order valence-corrected chi connectivity index (χ4v) is 5.00. The van der Waals surface area contributed by atoms with Gasteiger partial charge in [-0.3, -0.25) is 0 Å². The molecular weight excluding hydrogens is 663 g/mol. The Morgan fingerprint density at radius 2 is 0.442 bits per heavy atom. The molecule has 0 bridgehead atoms. The number of unbranched alkanes of at least 4 members (excludes halogenated alkanes) is 26. The average molecular weight is 748 g/mol. The second kappa shape index (κ2) is 55.9. The van der Waals surface area contributed by atoms with E-state index >= 15 is 0 Å². The van der Waals surface area contributed by atoms with Gasteiger partial charge in [-0.05, 0) is 11.8 Å². The van der Waals surface area contributed by atoms with Crippen molar-refractivity contribution >= 4 is 49.2 Å². The van der Waals surface area contributed by atoms with E-state index in [2.05, 4.69) is 55.4 Å². The molecule has 0 aromatic rings. The summed E-state index contributed by atoms with van der Waals surface area (Å²) in [7, 11) is 0. The standard InChI is InChI=1S/2C16H34S.2C4H9.Sn/c2*1-2-3-4-5-6-7-8-9-10-11-12-13-14-15-16-17;2*1-4(2)3;/h2*17H,2-16H2,1H3;2*4H,1H2,2-3H3;/q;;;;+2/p-2. The summed E-state index contributed by atoms with van der Waals surface area (Å²) in [5, 5.41) is 0. The van der Waals surface area contributed by atoms with Gasteiger partial charge in [0.25, 0.3) is 0 Å². The third-order valence-corrected chi connectivity index (χ3v) is 7.57. The molecule has 0 aromatic heterocycles. The molecule has 0 fully saturated rings. The Morgan fingerprint density at radius 1 is 0.326 bits per heavy atom. The zero-order valence-electron chi connectivity index (χ0n) is 31.1. The minimum absolute atomic E-state index is 0. The van der Waals surface area contributed by atoms with Gasteiger partial charge in [-0.15, -0.1) is 0 Å². The normalized spacial score (nSPS) is 10.3. The molecule has 0 aliphatic carbocycles. The van der Waals surface area contributed by atoms with Crippen molar-refractivity contribution in [3.63, 3.8) is 0 Å². The molecule has 0 heterocycles. The Hall–Kier alpha value is 1.50. The first-order valence-corrected chi connectivity index (χ1v) is 20.3. The molecule has 0 aliphatic heterocycles. The molecule has 43 heavy (non-hydrogen) atoms. The van der Waals surface area contributed by atoms with Crippen molar-refractivity contribution in [2.45, 2.75) is 221 Å². The van der Waals surface area contributed by atoms with E-state index in [9.17, 15) is 0 Å². The number of rotatable bonds is 28. The SMILES string of the molecule is CCCCCCCCCCCCCCCC[S-].CCCCCCCCCCCCCCCC[S-].[CH2]C(C)C.[CH2]C(C)C.[Sn+2]. The van der Waals surface area contributed by atoms with Crippen LogP contribution < -0.4 is 0 Å². The smallest absolute Gasteiger partial charge is 0.793 e. The van der Waals surface area contributed by atoms with E-state index in [0.717, 1.165) is 11.5 Å². The molecule has 260 valence electrons. The minimum atomic E-state index is 0. The van der Waals surface area contributed by atoms with Gasteiger partial charge >= 0.3 is 23.9 Å². The van der Waals surface area contributed by atoms with Crippen LogP contribution in [0.3, 0.4) is 0 Å². The largest absolute Gasteiger partial charge is 2.00 e. The summed E-state index contributed by atoms with van der Waals surface area (Å²) in [4.78, 5) is 0. The molecule has 0 aromatic carbocycles. The second-order valence-corrected chi connectivity index (χ2v) is 14.2. The molecule has 0 unspecified atom stereocenters.